The molecule has 0 spiro atoms. The van der Waals surface area contributed by atoms with E-state index in [2.05, 4.69) is 0 Å². The van der Waals surface area contributed by atoms with Crippen molar-refractivity contribution in [1.29, 1.82) is 0 Å². The highest BCUT2D eigenvalue weighted by Crippen LogP contribution is 2.20. The number of aldehydes is 1. The number of hydrogen-bond acceptors (Lipinski definition) is 4. The van der Waals surface area contributed by atoms with E-state index in [0.29, 0.717) is 18.6 Å². The molecule has 3 nitrogen and oxygen atoms in total. The number of rotatable bonds is 9. The van der Waals surface area contributed by atoms with Gasteiger partial charge in [-0.2, -0.15) is 0 Å². The third-order valence-electron chi connectivity index (χ3n) is 2.62. The van der Waals surface area contributed by atoms with Crippen LogP contribution in [-0.2, 0) is 9.53 Å². The van der Waals surface area contributed by atoms with Gasteiger partial charge in [-0.25, -0.2) is 0 Å². The molecule has 0 amide bonds. The summed E-state index contributed by atoms with van der Waals surface area (Å²) in [4.78, 5) is 22.8. The Morgan fingerprint density at radius 1 is 1.21 bits per heavy atom. The number of hydrogen-bond donors (Lipinski definition) is 0. The van der Waals surface area contributed by atoms with Gasteiger partial charge in [0.05, 0.1) is 6.61 Å². The highest BCUT2D eigenvalue weighted by molar-refractivity contribution is 7.99. The van der Waals surface area contributed by atoms with Crippen molar-refractivity contribution in [3.05, 3.63) is 29.8 Å². The Morgan fingerprint density at radius 2 is 1.95 bits per heavy atom. The summed E-state index contributed by atoms with van der Waals surface area (Å²) < 4.78 is 4.87. The van der Waals surface area contributed by atoms with E-state index in [-0.39, 0.29) is 5.97 Å². The van der Waals surface area contributed by atoms with Gasteiger partial charge in [-0.3, -0.25) is 9.59 Å². The summed E-state index contributed by atoms with van der Waals surface area (Å²) in [5.74, 6) is 0.933. The van der Waals surface area contributed by atoms with Crippen LogP contribution in [0, 0.1) is 0 Å². The minimum atomic E-state index is -0.0976. The molecular weight excluding hydrogens is 260 g/mol. The lowest BCUT2D eigenvalue weighted by Gasteiger charge is -2.03. The summed E-state index contributed by atoms with van der Waals surface area (Å²) in [5, 5.41) is 0. The minimum absolute atomic E-state index is 0.0976. The zero-order valence-corrected chi connectivity index (χ0v) is 12.1. The van der Waals surface area contributed by atoms with Crippen molar-refractivity contribution < 1.29 is 14.3 Å². The Morgan fingerprint density at radius 3 is 2.58 bits per heavy atom. The number of esters is 1. The first-order chi connectivity index (χ1) is 9.26. The van der Waals surface area contributed by atoms with E-state index in [4.69, 9.17) is 4.74 Å². The molecule has 0 bridgehead atoms. The van der Waals surface area contributed by atoms with Crippen molar-refractivity contribution in [1.82, 2.24) is 0 Å². The zero-order chi connectivity index (χ0) is 13.9. The summed E-state index contributed by atoms with van der Waals surface area (Å²) in [6, 6.07) is 7.59. The van der Waals surface area contributed by atoms with Gasteiger partial charge < -0.3 is 4.74 Å². The van der Waals surface area contributed by atoms with E-state index < -0.39 is 0 Å². The lowest BCUT2D eigenvalue weighted by Crippen LogP contribution is -2.03. The van der Waals surface area contributed by atoms with Crippen molar-refractivity contribution in [3.8, 4) is 0 Å². The van der Waals surface area contributed by atoms with Crippen LogP contribution in [0.15, 0.2) is 29.2 Å². The molecule has 0 atom stereocenters. The van der Waals surface area contributed by atoms with Crippen molar-refractivity contribution >= 4 is 24.0 Å². The topological polar surface area (TPSA) is 43.4 Å². The van der Waals surface area contributed by atoms with Crippen LogP contribution in [0.2, 0.25) is 0 Å². The van der Waals surface area contributed by atoms with E-state index in [1.54, 1.807) is 11.8 Å². The second kappa shape index (κ2) is 9.62. The fraction of sp³-hybridized carbons (Fsp3) is 0.467. The molecule has 0 fully saturated rings. The fourth-order valence-electron chi connectivity index (χ4n) is 1.61. The number of thioether (sulfide) groups is 1. The van der Waals surface area contributed by atoms with Gasteiger partial charge in [0.25, 0.3) is 0 Å². The van der Waals surface area contributed by atoms with E-state index >= 15 is 0 Å². The van der Waals surface area contributed by atoms with Crippen LogP contribution in [0.3, 0.4) is 0 Å². The van der Waals surface area contributed by atoms with E-state index in [1.807, 2.05) is 31.2 Å². The summed E-state index contributed by atoms with van der Waals surface area (Å²) in [5.41, 5.74) is 0.707. The van der Waals surface area contributed by atoms with Crippen LogP contribution in [0.1, 0.15) is 43.0 Å². The van der Waals surface area contributed by atoms with Crippen LogP contribution in [-0.4, -0.2) is 24.6 Å². The normalized spacial score (nSPS) is 10.2. The molecule has 1 aromatic carbocycles. The Labute approximate surface area is 118 Å². The molecule has 1 rings (SSSR count). The van der Waals surface area contributed by atoms with Crippen LogP contribution in [0.25, 0.3) is 0 Å². The second-order valence-electron chi connectivity index (χ2n) is 4.15. The fourth-order valence-corrected chi connectivity index (χ4v) is 2.53. The molecule has 0 heterocycles. The third-order valence-corrected chi connectivity index (χ3v) is 3.71. The maximum atomic E-state index is 11.1. The first-order valence-corrected chi connectivity index (χ1v) is 7.58. The Balaban J connectivity index is 2.07. The van der Waals surface area contributed by atoms with Crippen molar-refractivity contribution in [3.63, 3.8) is 0 Å². The second-order valence-corrected chi connectivity index (χ2v) is 5.32. The van der Waals surface area contributed by atoms with Gasteiger partial charge in [0.2, 0.25) is 0 Å². The Bertz CT molecular complexity index is 387. The molecule has 0 aliphatic rings. The van der Waals surface area contributed by atoms with Gasteiger partial charge >= 0.3 is 5.97 Å². The standard InChI is InChI=1S/C15H20O3S/c1-2-18-15(17)6-4-3-5-11-19-14-9-7-13(12-16)8-10-14/h7-10,12H,2-6,11H2,1H3. The van der Waals surface area contributed by atoms with E-state index in [0.717, 1.165) is 31.3 Å². The number of carbonyl (C=O) groups is 2. The zero-order valence-electron chi connectivity index (χ0n) is 11.3. The Hall–Kier alpha value is -1.29. The lowest BCUT2D eigenvalue weighted by molar-refractivity contribution is -0.143. The quantitative estimate of drug-likeness (QED) is 0.299. The van der Waals surface area contributed by atoms with Gasteiger partial charge in [-0.15, -0.1) is 11.8 Å². The summed E-state index contributed by atoms with van der Waals surface area (Å²) in [6.07, 6.45) is 4.39. The van der Waals surface area contributed by atoms with Gasteiger partial charge in [0.1, 0.15) is 6.29 Å². The van der Waals surface area contributed by atoms with Crippen LogP contribution >= 0.6 is 11.8 Å². The number of ether oxygens (including phenoxy) is 1. The van der Waals surface area contributed by atoms with Crippen LogP contribution in [0.5, 0.6) is 0 Å². The predicted molar refractivity (Wildman–Crippen MR) is 77.7 cm³/mol. The molecule has 0 aliphatic heterocycles. The smallest absolute Gasteiger partial charge is 0.305 e. The van der Waals surface area contributed by atoms with Gasteiger partial charge in [0.15, 0.2) is 0 Å². The van der Waals surface area contributed by atoms with Gasteiger partial charge in [-0.1, -0.05) is 18.6 Å². The first-order valence-electron chi connectivity index (χ1n) is 6.60. The average Bonchev–Trinajstić information content (AvgIpc) is 2.43. The first kappa shape index (κ1) is 15.8. The Kier molecular flexibility index (Phi) is 7.98. The number of benzene rings is 1. The molecule has 0 aliphatic carbocycles. The molecule has 0 unspecified atom stereocenters. The molecule has 0 radical (unpaired) electrons. The molecule has 0 saturated carbocycles. The van der Waals surface area contributed by atoms with Gasteiger partial charge in [0, 0.05) is 16.9 Å². The summed E-state index contributed by atoms with van der Waals surface area (Å²) in [7, 11) is 0. The predicted octanol–water partition coefficient (Wildman–Crippen LogP) is 3.71. The molecule has 19 heavy (non-hydrogen) atoms. The van der Waals surface area contributed by atoms with E-state index in [1.165, 1.54) is 4.90 Å². The van der Waals surface area contributed by atoms with Crippen molar-refractivity contribution in [2.75, 3.05) is 12.4 Å². The molecule has 0 aromatic heterocycles. The average molecular weight is 280 g/mol. The molecule has 0 N–H and O–H groups in total. The minimum Gasteiger partial charge on any atom is -0.466 e. The highest BCUT2D eigenvalue weighted by Gasteiger charge is 2.01. The van der Waals surface area contributed by atoms with Crippen LogP contribution in [0.4, 0.5) is 0 Å². The van der Waals surface area contributed by atoms with Crippen molar-refractivity contribution in [2.24, 2.45) is 0 Å². The number of unbranched alkanes of at least 4 members (excludes halogenated alkanes) is 2. The van der Waals surface area contributed by atoms with Crippen LogP contribution < -0.4 is 0 Å². The molecule has 104 valence electrons. The maximum absolute atomic E-state index is 11.1. The van der Waals surface area contributed by atoms with Gasteiger partial charge in [-0.05, 0) is 37.7 Å². The SMILES string of the molecule is CCOC(=O)CCCCCSc1ccc(C=O)cc1. The molecule has 4 heteroatoms. The van der Waals surface area contributed by atoms with Crippen molar-refractivity contribution in [2.45, 2.75) is 37.5 Å². The number of carbonyl (C=O) groups excluding carboxylic acids is 2. The third kappa shape index (κ3) is 7.01. The summed E-state index contributed by atoms with van der Waals surface area (Å²) >= 11 is 1.78. The summed E-state index contributed by atoms with van der Waals surface area (Å²) in [6.45, 7) is 2.29. The lowest BCUT2D eigenvalue weighted by atomic mass is 10.2. The highest BCUT2D eigenvalue weighted by atomic mass is 32.2. The largest absolute Gasteiger partial charge is 0.466 e. The van der Waals surface area contributed by atoms with E-state index in [9.17, 15) is 9.59 Å². The molecule has 0 saturated heterocycles. The maximum Gasteiger partial charge on any atom is 0.305 e. The molecular formula is C15H20O3S. The molecule has 1 aromatic rings. The monoisotopic (exact) mass is 280 g/mol.